The molecule has 1 heterocycles. The van der Waals surface area contributed by atoms with Gasteiger partial charge in [0.1, 0.15) is 6.61 Å². The van der Waals surface area contributed by atoms with Crippen molar-refractivity contribution >= 4 is 17.5 Å². The molecule has 2 amide bonds. The summed E-state index contributed by atoms with van der Waals surface area (Å²) in [6.45, 7) is -0.487. The van der Waals surface area contributed by atoms with Crippen molar-refractivity contribution in [3.63, 3.8) is 0 Å². The molecule has 5 nitrogen and oxygen atoms in total. The fourth-order valence-corrected chi connectivity index (χ4v) is 3.06. The zero-order valence-corrected chi connectivity index (χ0v) is 15.7. The minimum absolute atomic E-state index is 0.0573. The van der Waals surface area contributed by atoms with Gasteiger partial charge in [0.05, 0.1) is 6.61 Å². The second-order valence-electron chi connectivity index (χ2n) is 6.81. The van der Waals surface area contributed by atoms with Crippen molar-refractivity contribution in [2.24, 2.45) is 0 Å². The van der Waals surface area contributed by atoms with Crippen molar-refractivity contribution in [3.8, 4) is 0 Å². The third kappa shape index (κ3) is 6.05. The average Bonchev–Trinajstić information content (AvgIpc) is 3.12. The first-order valence-electron chi connectivity index (χ1n) is 9.23. The topological polar surface area (TPSA) is 58.6 Å². The number of benzene rings is 2. The summed E-state index contributed by atoms with van der Waals surface area (Å²) in [5.74, 6) is -0.210. The van der Waals surface area contributed by atoms with Gasteiger partial charge in [0.25, 0.3) is 5.91 Å². The third-order valence-electron chi connectivity index (χ3n) is 4.50. The number of nitrogens with zero attached hydrogens (tertiary/aromatic N) is 1. The number of rotatable bonds is 7. The van der Waals surface area contributed by atoms with E-state index in [1.54, 1.807) is 53.4 Å². The first-order valence-corrected chi connectivity index (χ1v) is 9.23. The number of alkyl halides is 3. The van der Waals surface area contributed by atoms with E-state index in [2.05, 4.69) is 10.1 Å². The van der Waals surface area contributed by atoms with Crippen LogP contribution in [0.1, 0.15) is 34.3 Å². The number of anilines is 1. The first-order chi connectivity index (χ1) is 13.8. The van der Waals surface area contributed by atoms with Crippen molar-refractivity contribution in [3.05, 3.63) is 65.2 Å². The molecule has 8 heteroatoms. The van der Waals surface area contributed by atoms with Crippen molar-refractivity contribution < 1.29 is 27.5 Å². The maximum absolute atomic E-state index is 12.4. The van der Waals surface area contributed by atoms with Crippen LogP contribution in [0.3, 0.4) is 0 Å². The standard InChI is InChI=1S/C21H21F3N2O3/c22-21(23,24)14-29-13-16-8-6-15(7-9-16)12-25-20(28)17-3-1-4-18(11-17)26-10-2-5-19(26)27/h1,3-4,6-9,11H,2,5,10,12-14H2,(H,25,28). The molecule has 0 atom stereocenters. The predicted molar refractivity (Wildman–Crippen MR) is 101 cm³/mol. The number of halogens is 3. The lowest BCUT2D eigenvalue weighted by molar-refractivity contribution is -0.176. The molecular formula is C21H21F3N2O3. The molecule has 1 N–H and O–H groups in total. The molecule has 0 unspecified atom stereocenters. The van der Waals surface area contributed by atoms with Crippen LogP contribution in [0.15, 0.2) is 48.5 Å². The van der Waals surface area contributed by atoms with Crippen molar-refractivity contribution in [1.29, 1.82) is 0 Å². The Kier molecular flexibility index (Phi) is 6.53. The first kappa shape index (κ1) is 20.9. The van der Waals surface area contributed by atoms with Gasteiger partial charge >= 0.3 is 6.18 Å². The van der Waals surface area contributed by atoms with Gasteiger partial charge in [-0.1, -0.05) is 30.3 Å². The smallest absolute Gasteiger partial charge is 0.367 e. The second-order valence-corrected chi connectivity index (χ2v) is 6.81. The van der Waals surface area contributed by atoms with Crippen LogP contribution in [0.5, 0.6) is 0 Å². The Balaban J connectivity index is 1.52. The van der Waals surface area contributed by atoms with Gasteiger partial charge in [0.15, 0.2) is 0 Å². The molecule has 0 radical (unpaired) electrons. The highest BCUT2D eigenvalue weighted by Gasteiger charge is 2.27. The van der Waals surface area contributed by atoms with E-state index in [4.69, 9.17) is 0 Å². The fourth-order valence-electron chi connectivity index (χ4n) is 3.06. The van der Waals surface area contributed by atoms with Gasteiger partial charge in [-0.2, -0.15) is 13.2 Å². The monoisotopic (exact) mass is 406 g/mol. The largest absolute Gasteiger partial charge is 0.411 e. The molecule has 0 aliphatic carbocycles. The Morgan fingerprint density at radius 2 is 1.83 bits per heavy atom. The molecular weight excluding hydrogens is 385 g/mol. The lowest BCUT2D eigenvalue weighted by atomic mass is 10.1. The van der Waals surface area contributed by atoms with Crippen molar-refractivity contribution in [1.82, 2.24) is 5.32 Å². The molecule has 0 bridgehead atoms. The highest BCUT2D eigenvalue weighted by Crippen LogP contribution is 2.22. The molecule has 1 saturated heterocycles. The van der Waals surface area contributed by atoms with E-state index in [1.807, 2.05) is 0 Å². The molecule has 2 aromatic carbocycles. The van der Waals surface area contributed by atoms with E-state index >= 15 is 0 Å². The zero-order chi connectivity index (χ0) is 20.9. The van der Waals surface area contributed by atoms with E-state index in [0.717, 1.165) is 12.0 Å². The quantitative estimate of drug-likeness (QED) is 0.761. The second kappa shape index (κ2) is 9.09. The Bertz CT molecular complexity index is 866. The van der Waals surface area contributed by atoms with E-state index in [-0.39, 0.29) is 25.0 Å². The predicted octanol–water partition coefficient (Wildman–Crippen LogP) is 3.82. The lowest BCUT2D eigenvalue weighted by Gasteiger charge is -2.16. The zero-order valence-electron chi connectivity index (χ0n) is 15.7. The van der Waals surface area contributed by atoms with Crippen LogP contribution in [0.25, 0.3) is 0 Å². The Morgan fingerprint density at radius 3 is 2.48 bits per heavy atom. The number of carbonyl (C=O) groups is 2. The number of carbonyl (C=O) groups excluding carboxylic acids is 2. The van der Waals surface area contributed by atoms with E-state index in [9.17, 15) is 22.8 Å². The molecule has 29 heavy (non-hydrogen) atoms. The number of ether oxygens (including phenoxy) is 1. The number of nitrogens with one attached hydrogen (secondary N) is 1. The van der Waals surface area contributed by atoms with Gasteiger partial charge < -0.3 is 15.0 Å². The van der Waals surface area contributed by atoms with Crippen LogP contribution in [-0.4, -0.2) is 31.1 Å². The Hall–Kier alpha value is -2.87. The van der Waals surface area contributed by atoms with Gasteiger partial charge in [-0.05, 0) is 35.7 Å². The SMILES string of the molecule is O=C(NCc1ccc(COCC(F)(F)F)cc1)c1cccc(N2CCCC2=O)c1. The minimum Gasteiger partial charge on any atom is -0.367 e. The highest BCUT2D eigenvalue weighted by molar-refractivity contribution is 5.99. The summed E-state index contributed by atoms with van der Waals surface area (Å²) in [6.07, 6.45) is -3.01. The van der Waals surface area contributed by atoms with Gasteiger partial charge in [-0.15, -0.1) is 0 Å². The molecule has 1 aliphatic heterocycles. The van der Waals surface area contributed by atoms with Crippen LogP contribution < -0.4 is 10.2 Å². The molecule has 0 saturated carbocycles. The third-order valence-corrected chi connectivity index (χ3v) is 4.50. The summed E-state index contributed by atoms with van der Waals surface area (Å²) < 4.78 is 40.9. The maximum atomic E-state index is 12.4. The molecule has 154 valence electrons. The summed E-state index contributed by atoms with van der Waals surface area (Å²) in [7, 11) is 0. The molecule has 2 aromatic rings. The van der Waals surface area contributed by atoms with E-state index in [0.29, 0.717) is 29.8 Å². The molecule has 1 aliphatic rings. The summed E-state index contributed by atoms with van der Waals surface area (Å²) in [4.78, 5) is 26.0. The van der Waals surface area contributed by atoms with Gasteiger partial charge in [-0.25, -0.2) is 0 Å². The highest BCUT2D eigenvalue weighted by atomic mass is 19.4. The van der Waals surface area contributed by atoms with Crippen LogP contribution in [0, 0.1) is 0 Å². The molecule has 0 spiro atoms. The minimum atomic E-state index is -4.34. The van der Waals surface area contributed by atoms with Gasteiger partial charge in [-0.3, -0.25) is 9.59 Å². The summed E-state index contributed by atoms with van der Waals surface area (Å²) in [6, 6.07) is 13.7. The number of hydrogen-bond donors (Lipinski definition) is 1. The van der Waals surface area contributed by atoms with Gasteiger partial charge in [0.2, 0.25) is 5.91 Å². The van der Waals surface area contributed by atoms with Crippen LogP contribution in [0.2, 0.25) is 0 Å². The summed E-state index contributed by atoms with van der Waals surface area (Å²) >= 11 is 0. The molecule has 1 fully saturated rings. The van der Waals surface area contributed by atoms with Crippen LogP contribution >= 0.6 is 0 Å². The number of amides is 2. The summed E-state index contributed by atoms with van der Waals surface area (Å²) in [5, 5.41) is 2.80. The Labute approximate surface area is 166 Å². The normalized spacial score (nSPS) is 14.3. The summed E-state index contributed by atoms with van der Waals surface area (Å²) in [5.41, 5.74) is 2.60. The van der Waals surface area contributed by atoms with Crippen LogP contribution in [-0.2, 0) is 22.7 Å². The lowest BCUT2D eigenvalue weighted by Crippen LogP contribution is -2.25. The van der Waals surface area contributed by atoms with E-state index < -0.39 is 12.8 Å². The van der Waals surface area contributed by atoms with Gasteiger partial charge in [0, 0.05) is 30.8 Å². The van der Waals surface area contributed by atoms with Crippen molar-refractivity contribution in [2.75, 3.05) is 18.1 Å². The van der Waals surface area contributed by atoms with Crippen LogP contribution in [0.4, 0.5) is 18.9 Å². The maximum Gasteiger partial charge on any atom is 0.411 e. The number of hydrogen-bond acceptors (Lipinski definition) is 3. The molecule has 3 rings (SSSR count). The van der Waals surface area contributed by atoms with E-state index in [1.165, 1.54) is 0 Å². The fraction of sp³-hybridized carbons (Fsp3) is 0.333. The Morgan fingerprint density at radius 1 is 1.10 bits per heavy atom. The van der Waals surface area contributed by atoms with Crippen molar-refractivity contribution in [2.45, 2.75) is 32.2 Å². The average molecular weight is 406 g/mol. The molecule has 0 aromatic heterocycles.